The van der Waals surface area contributed by atoms with Crippen LogP contribution in [0.3, 0.4) is 0 Å². The van der Waals surface area contributed by atoms with Crippen molar-refractivity contribution in [3.05, 3.63) is 17.5 Å². The van der Waals surface area contributed by atoms with E-state index in [1.54, 1.807) is 11.9 Å². The van der Waals surface area contributed by atoms with E-state index < -0.39 is 5.97 Å². The zero-order valence-electron chi connectivity index (χ0n) is 9.90. The highest BCUT2D eigenvalue weighted by Crippen LogP contribution is 2.10. The number of likely N-dealkylation sites (N-methyl/N-ethyl adjacent to an activating group) is 1. The summed E-state index contributed by atoms with van der Waals surface area (Å²) in [7, 11) is 1.68. The number of aryl methyl sites for hydroxylation is 2. The minimum Gasteiger partial charge on any atom is -0.480 e. The lowest BCUT2D eigenvalue weighted by molar-refractivity contribution is -0.135. The molecule has 16 heavy (non-hydrogen) atoms. The maximum atomic E-state index is 10.6. The van der Waals surface area contributed by atoms with Gasteiger partial charge >= 0.3 is 5.97 Å². The fourth-order valence-corrected chi connectivity index (χ4v) is 1.35. The van der Waals surface area contributed by atoms with Crippen LogP contribution in [-0.4, -0.2) is 34.6 Å². The van der Waals surface area contributed by atoms with Crippen LogP contribution < -0.4 is 4.90 Å². The van der Waals surface area contributed by atoms with E-state index in [2.05, 4.69) is 9.97 Å². The number of hydrogen-bond donors (Lipinski definition) is 1. The SMILES string of the molecule is CCc1cc(CC)nc(N(C)CC(=O)O)n1. The molecule has 0 aliphatic rings. The van der Waals surface area contributed by atoms with Crippen LogP contribution >= 0.6 is 0 Å². The predicted molar refractivity (Wildman–Crippen MR) is 61.7 cm³/mol. The lowest BCUT2D eigenvalue weighted by Crippen LogP contribution is -2.27. The number of nitrogens with zero attached hydrogens (tertiary/aromatic N) is 3. The normalized spacial score (nSPS) is 10.2. The summed E-state index contributed by atoms with van der Waals surface area (Å²) in [5.41, 5.74) is 1.89. The standard InChI is InChI=1S/C11H17N3O2/c1-4-8-6-9(5-2)13-11(12-8)14(3)7-10(15)16/h6H,4-5,7H2,1-3H3,(H,15,16). The van der Waals surface area contributed by atoms with Crippen LogP contribution in [0.5, 0.6) is 0 Å². The smallest absolute Gasteiger partial charge is 0.323 e. The van der Waals surface area contributed by atoms with Crippen molar-refractivity contribution in [1.82, 2.24) is 9.97 Å². The molecule has 0 amide bonds. The highest BCUT2D eigenvalue weighted by molar-refractivity contribution is 5.72. The van der Waals surface area contributed by atoms with Crippen LogP contribution in [0.25, 0.3) is 0 Å². The number of aliphatic carboxylic acids is 1. The largest absolute Gasteiger partial charge is 0.480 e. The first-order chi connectivity index (χ1) is 7.56. The van der Waals surface area contributed by atoms with Crippen LogP contribution in [0.4, 0.5) is 5.95 Å². The van der Waals surface area contributed by atoms with Crippen molar-refractivity contribution in [3.8, 4) is 0 Å². The molecule has 0 fully saturated rings. The highest BCUT2D eigenvalue weighted by atomic mass is 16.4. The molecule has 1 N–H and O–H groups in total. The van der Waals surface area contributed by atoms with Crippen LogP contribution in [-0.2, 0) is 17.6 Å². The Labute approximate surface area is 95.1 Å². The van der Waals surface area contributed by atoms with Gasteiger partial charge in [0.1, 0.15) is 6.54 Å². The Morgan fingerprint density at radius 2 is 1.81 bits per heavy atom. The van der Waals surface area contributed by atoms with Gasteiger partial charge in [-0.1, -0.05) is 13.8 Å². The predicted octanol–water partition coefficient (Wildman–Crippen LogP) is 1.12. The van der Waals surface area contributed by atoms with Crippen molar-refractivity contribution in [2.24, 2.45) is 0 Å². The fourth-order valence-electron chi connectivity index (χ4n) is 1.35. The van der Waals surface area contributed by atoms with Crippen molar-refractivity contribution in [3.63, 3.8) is 0 Å². The van der Waals surface area contributed by atoms with Crippen molar-refractivity contribution >= 4 is 11.9 Å². The molecule has 0 saturated heterocycles. The molecule has 0 atom stereocenters. The van der Waals surface area contributed by atoms with Gasteiger partial charge in [0.05, 0.1) is 0 Å². The van der Waals surface area contributed by atoms with Gasteiger partial charge in [-0.3, -0.25) is 4.79 Å². The molecule has 0 aromatic carbocycles. The van der Waals surface area contributed by atoms with Gasteiger partial charge in [0.2, 0.25) is 5.95 Å². The molecule has 1 rings (SSSR count). The number of anilines is 1. The van der Waals surface area contributed by atoms with Crippen LogP contribution in [0.1, 0.15) is 25.2 Å². The first-order valence-electron chi connectivity index (χ1n) is 5.36. The molecule has 1 aromatic heterocycles. The lowest BCUT2D eigenvalue weighted by Gasteiger charge is -2.15. The Morgan fingerprint density at radius 3 is 2.19 bits per heavy atom. The van der Waals surface area contributed by atoms with Crippen molar-refractivity contribution in [2.75, 3.05) is 18.5 Å². The highest BCUT2D eigenvalue weighted by Gasteiger charge is 2.10. The average molecular weight is 223 g/mol. The fraction of sp³-hybridized carbons (Fsp3) is 0.545. The summed E-state index contributed by atoms with van der Waals surface area (Å²) in [5.74, 6) is -0.398. The van der Waals surface area contributed by atoms with E-state index in [1.807, 2.05) is 19.9 Å². The molecule has 5 nitrogen and oxygen atoms in total. The molecule has 0 spiro atoms. The summed E-state index contributed by atoms with van der Waals surface area (Å²) in [5, 5.41) is 8.70. The number of carboxylic acids is 1. The maximum absolute atomic E-state index is 10.6. The van der Waals surface area contributed by atoms with Crippen LogP contribution in [0.15, 0.2) is 6.07 Å². The second-order valence-corrected chi connectivity index (χ2v) is 3.61. The second kappa shape index (κ2) is 5.44. The minimum absolute atomic E-state index is 0.0870. The molecule has 88 valence electrons. The zero-order chi connectivity index (χ0) is 12.1. The molecule has 1 heterocycles. The van der Waals surface area contributed by atoms with Gasteiger partial charge in [-0.2, -0.15) is 0 Å². The van der Waals surface area contributed by atoms with E-state index in [0.29, 0.717) is 5.95 Å². The maximum Gasteiger partial charge on any atom is 0.323 e. The van der Waals surface area contributed by atoms with Gasteiger partial charge in [-0.15, -0.1) is 0 Å². The first-order valence-corrected chi connectivity index (χ1v) is 5.36. The van der Waals surface area contributed by atoms with Crippen LogP contribution in [0.2, 0.25) is 0 Å². The third-order valence-corrected chi connectivity index (χ3v) is 2.26. The molecule has 0 aliphatic heterocycles. The Balaban J connectivity index is 2.97. The zero-order valence-corrected chi connectivity index (χ0v) is 9.90. The minimum atomic E-state index is -0.883. The van der Waals surface area contributed by atoms with Crippen molar-refractivity contribution in [1.29, 1.82) is 0 Å². The van der Waals surface area contributed by atoms with Gasteiger partial charge in [0, 0.05) is 18.4 Å². The van der Waals surface area contributed by atoms with Gasteiger partial charge in [0.25, 0.3) is 0 Å². The van der Waals surface area contributed by atoms with Gasteiger partial charge in [-0.25, -0.2) is 9.97 Å². The Morgan fingerprint density at radius 1 is 1.31 bits per heavy atom. The van der Waals surface area contributed by atoms with Crippen molar-refractivity contribution in [2.45, 2.75) is 26.7 Å². The van der Waals surface area contributed by atoms with Crippen molar-refractivity contribution < 1.29 is 9.90 Å². The summed E-state index contributed by atoms with van der Waals surface area (Å²) in [6.07, 6.45) is 1.65. The molecular formula is C11H17N3O2. The third kappa shape index (κ3) is 3.18. The molecule has 5 heteroatoms. The second-order valence-electron chi connectivity index (χ2n) is 3.61. The van der Waals surface area contributed by atoms with E-state index in [1.165, 1.54) is 0 Å². The Bertz CT molecular complexity index is 357. The summed E-state index contributed by atoms with van der Waals surface area (Å²) in [6, 6.07) is 1.96. The quantitative estimate of drug-likeness (QED) is 0.810. The van der Waals surface area contributed by atoms with E-state index in [0.717, 1.165) is 24.2 Å². The molecule has 0 bridgehead atoms. The summed E-state index contributed by atoms with van der Waals surface area (Å²) < 4.78 is 0. The lowest BCUT2D eigenvalue weighted by atomic mass is 10.2. The number of hydrogen-bond acceptors (Lipinski definition) is 4. The summed E-state index contributed by atoms with van der Waals surface area (Å²) >= 11 is 0. The first kappa shape index (κ1) is 12.4. The van der Waals surface area contributed by atoms with E-state index in [4.69, 9.17) is 5.11 Å². The summed E-state index contributed by atoms with van der Waals surface area (Å²) in [4.78, 5) is 20.7. The number of carboxylic acid groups (broad SMARTS) is 1. The van der Waals surface area contributed by atoms with Gasteiger partial charge < -0.3 is 10.0 Å². The van der Waals surface area contributed by atoms with E-state index >= 15 is 0 Å². The number of aromatic nitrogens is 2. The molecular weight excluding hydrogens is 206 g/mol. The van der Waals surface area contributed by atoms with Gasteiger partial charge in [-0.05, 0) is 18.9 Å². The summed E-state index contributed by atoms with van der Waals surface area (Å²) in [6.45, 7) is 3.95. The van der Waals surface area contributed by atoms with Gasteiger partial charge in [0.15, 0.2) is 0 Å². The van der Waals surface area contributed by atoms with Crippen LogP contribution in [0, 0.1) is 0 Å². The molecule has 0 unspecified atom stereocenters. The topological polar surface area (TPSA) is 66.3 Å². The molecule has 1 aromatic rings. The average Bonchev–Trinajstić information content (AvgIpc) is 2.27. The third-order valence-electron chi connectivity index (χ3n) is 2.26. The Kier molecular flexibility index (Phi) is 4.22. The number of rotatable bonds is 5. The number of carbonyl (C=O) groups is 1. The van der Waals surface area contributed by atoms with E-state index in [9.17, 15) is 4.79 Å². The molecule has 0 radical (unpaired) electrons. The molecule has 0 saturated carbocycles. The molecule has 0 aliphatic carbocycles. The Hall–Kier alpha value is -1.65. The monoisotopic (exact) mass is 223 g/mol. The van der Waals surface area contributed by atoms with E-state index in [-0.39, 0.29) is 6.54 Å².